The second-order valence-corrected chi connectivity index (χ2v) is 5.40. The monoisotopic (exact) mass is 300 g/mol. The highest BCUT2D eigenvalue weighted by Gasteiger charge is 2.26. The second kappa shape index (κ2) is 6.56. The van der Waals surface area contributed by atoms with Crippen molar-refractivity contribution in [2.75, 3.05) is 7.11 Å². The van der Waals surface area contributed by atoms with Crippen LogP contribution in [-0.4, -0.2) is 29.8 Å². The Morgan fingerprint density at radius 1 is 1.35 bits per heavy atom. The highest BCUT2D eigenvalue weighted by atomic mass is 35.5. The predicted octanol–water partition coefficient (Wildman–Crippen LogP) is 2.47. The van der Waals surface area contributed by atoms with Gasteiger partial charge in [0.1, 0.15) is 10.8 Å². The molecule has 1 heterocycles. The summed E-state index contributed by atoms with van der Waals surface area (Å²) >= 11 is 5.68. The van der Waals surface area contributed by atoms with Crippen LogP contribution in [0.2, 0.25) is 5.15 Å². The summed E-state index contributed by atoms with van der Waals surface area (Å²) in [6, 6.07) is 2.09. The molecule has 0 spiro atoms. The Morgan fingerprint density at radius 3 is 2.45 bits per heavy atom. The van der Waals surface area contributed by atoms with Crippen LogP contribution in [-0.2, 0) is 14.3 Å². The molecule has 1 amide bonds. The minimum absolute atomic E-state index is 0.287. The van der Waals surface area contributed by atoms with E-state index in [-0.39, 0.29) is 5.15 Å². The number of hydrogen-bond donors (Lipinski definition) is 1. The standard InChI is InChI=1S/C13H17ClN2O4/c1-13(2,3)20-12(18)16-10(11(17)19-4)8-5-6-9(14)15-7-8/h5-7,10H,1-4H3,(H,16,18). The number of alkyl carbamates (subject to hydrolysis) is 1. The zero-order chi connectivity index (χ0) is 15.3. The van der Waals surface area contributed by atoms with Gasteiger partial charge in [0, 0.05) is 11.8 Å². The number of hydrogen-bond acceptors (Lipinski definition) is 5. The first-order valence-electron chi connectivity index (χ1n) is 5.92. The maximum absolute atomic E-state index is 11.7. The summed E-state index contributed by atoms with van der Waals surface area (Å²) in [6.45, 7) is 5.18. The molecule has 110 valence electrons. The van der Waals surface area contributed by atoms with Crippen molar-refractivity contribution in [2.45, 2.75) is 32.4 Å². The lowest BCUT2D eigenvalue weighted by Gasteiger charge is -2.22. The second-order valence-electron chi connectivity index (χ2n) is 5.02. The summed E-state index contributed by atoms with van der Waals surface area (Å²) in [4.78, 5) is 27.4. The highest BCUT2D eigenvalue weighted by molar-refractivity contribution is 6.29. The fourth-order valence-corrected chi connectivity index (χ4v) is 1.49. The average Bonchev–Trinajstić information content (AvgIpc) is 2.34. The number of ether oxygens (including phenoxy) is 2. The predicted molar refractivity (Wildman–Crippen MR) is 73.4 cm³/mol. The molecular formula is C13H17ClN2O4. The number of methoxy groups -OCH3 is 1. The van der Waals surface area contributed by atoms with Crippen molar-refractivity contribution in [3.05, 3.63) is 29.0 Å². The van der Waals surface area contributed by atoms with E-state index in [0.29, 0.717) is 5.56 Å². The van der Waals surface area contributed by atoms with Crippen molar-refractivity contribution < 1.29 is 19.1 Å². The summed E-state index contributed by atoms with van der Waals surface area (Å²) in [5.74, 6) is -0.625. The fourth-order valence-electron chi connectivity index (χ4n) is 1.38. The van der Waals surface area contributed by atoms with Crippen LogP contribution in [0.4, 0.5) is 4.79 Å². The van der Waals surface area contributed by atoms with Gasteiger partial charge >= 0.3 is 12.1 Å². The SMILES string of the molecule is COC(=O)C(NC(=O)OC(C)(C)C)c1ccc(Cl)nc1. The van der Waals surface area contributed by atoms with Crippen molar-refractivity contribution in [1.29, 1.82) is 0 Å². The van der Waals surface area contributed by atoms with E-state index in [1.807, 2.05) is 0 Å². The summed E-state index contributed by atoms with van der Waals surface area (Å²) in [6.07, 6.45) is 0.671. The first-order valence-corrected chi connectivity index (χ1v) is 6.29. The number of halogens is 1. The molecule has 6 nitrogen and oxygen atoms in total. The number of pyridine rings is 1. The number of esters is 1. The van der Waals surface area contributed by atoms with E-state index in [4.69, 9.17) is 16.3 Å². The van der Waals surface area contributed by atoms with Crippen LogP contribution >= 0.6 is 11.6 Å². The molecule has 1 unspecified atom stereocenters. The first-order chi connectivity index (χ1) is 9.23. The third-order valence-electron chi connectivity index (χ3n) is 2.18. The molecular weight excluding hydrogens is 284 g/mol. The van der Waals surface area contributed by atoms with E-state index < -0.39 is 23.7 Å². The Morgan fingerprint density at radius 2 is 2.00 bits per heavy atom. The molecule has 0 aromatic carbocycles. The topological polar surface area (TPSA) is 77.5 Å². The van der Waals surface area contributed by atoms with Crippen LogP contribution in [0.15, 0.2) is 18.3 Å². The van der Waals surface area contributed by atoms with Crippen LogP contribution in [0, 0.1) is 0 Å². The Balaban J connectivity index is 2.88. The van der Waals surface area contributed by atoms with Crippen LogP contribution in [0.3, 0.4) is 0 Å². The molecule has 0 aliphatic heterocycles. The quantitative estimate of drug-likeness (QED) is 0.685. The van der Waals surface area contributed by atoms with Crippen molar-refractivity contribution >= 4 is 23.7 Å². The van der Waals surface area contributed by atoms with Gasteiger partial charge in [0.15, 0.2) is 6.04 Å². The van der Waals surface area contributed by atoms with E-state index in [1.54, 1.807) is 26.8 Å². The molecule has 0 bridgehead atoms. The minimum atomic E-state index is -1.00. The lowest BCUT2D eigenvalue weighted by molar-refractivity contribution is -0.143. The zero-order valence-corrected chi connectivity index (χ0v) is 12.5. The van der Waals surface area contributed by atoms with Crippen LogP contribution in [0.5, 0.6) is 0 Å². The maximum atomic E-state index is 11.7. The summed E-state index contributed by atoms with van der Waals surface area (Å²) < 4.78 is 9.76. The van der Waals surface area contributed by atoms with Gasteiger partial charge in [0.25, 0.3) is 0 Å². The van der Waals surface area contributed by atoms with Crippen LogP contribution in [0.1, 0.15) is 32.4 Å². The molecule has 0 aliphatic carbocycles. The minimum Gasteiger partial charge on any atom is -0.467 e. The van der Waals surface area contributed by atoms with Crippen LogP contribution < -0.4 is 5.32 Å². The molecule has 0 saturated heterocycles. The number of nitrogens with one attached hydrogen (secondary N) is 1. The average molecular weight is 301 g/mol. The molecule has 0 saturated carbocycles. The van der Waals surface area contributed by atoms with E-state index in [0.717, 1.165) is 0 Å². The van der Waals surface area contributed by atoms with E-state index in [1.165, 1.54) is 19.4 Å². The lowest BCUT2D eigenvalue weighted by Crippen LogP contribution is -2.38. The Bertz CT molecular complexity index is 482. The molecule has 1 aromatic rings. The Kier molecular flexibility index (Phi) is 5.33. The third-order valence-corrected chi connectivity index (χ3v) is 2.41. The van der Waals surface area contributed by atoms with Crippen molar-refractivity contribution in [3.8, 4) is 0 Å². The van der Waals surface area contributed by atoms with E-state index in [9.17, 15) is 9.59 Å². The van der Waals surface area contributed by atoms with Gasteiger partial charge in [-0.25, -0.2) is 14.6 Å². The molecule has 0 aliphatic rings. The smallest absolute Gasteiger partial charge is 0.408 e. The summed E-state index contributed by atoms with van der Waals surface area (Å²) in [7, 11) is 1.23. The number of aromatic nitrogens is 1. The van der Waals surface area contributed by atoms with Gasteiger partial charge < -0.3 is 14.8 Å². The molecule has 1 N–H and O–H groups in total. The fraction of sp³-hybridized carbons (Fsp3) is 0.462. The van der Waals surface area contributed by atoms with E-state index in [2.05, 4.69) is 15.0 Å². The Labute approximate surface area is 122 Å². The molecule has 0 fully saturated rings. The normalized spacial score (nSPS) is 12.4. The number of carbonyl (C=O) groups is 2. The molecule has 1 aromatic heterocycles. The molecule has 0 radical (unpaired) electrons. The molecule has 20 heavy (non-hydrogen) atoms. The van der Waals surface area contributed by atoms with Gasteiger partial charge in [-0.15, -0.1) is 0 Å². The number of nitrogens with zero attached hydrogens (tertiary/aromatic N) is 1. The lowest BCUT2D eigenvalue weighted by atomic mass is 10.1. The van der Waals surface area contributed by atoms with Gasteiger partial charge in [-0.3, -0.25) is 0 Å². The Hall–Kier alpha value is -1.82. The number of rotatable bonds is 3. The van der Waals surface area contributed by atoms with Gasteiger partial charge in [-0.1, -0.05) is 17.7 Å². The van der Waals surface area contributed by atoms with Crippen LogP contribution in [0.25, 0.3) is 0 Å². The van der Waals surface area contributed by atoms with Crippen molar-refractivity contribution in [2.24, 2.45) is 0 Å². The zero-order valence-electron chi connectivity index (χ0n) is 11.8. The first kappa shape index (κ1) is 16.2. The van der Waals surface area contributed by atoms with Crippen molar-refractivity contribution in [3.63, 3.8) is 0 Å². The molecule has 1 atom stereocenters. The number of carbonyl (C=O) groups excluding carboxylic acids is 2. The van der Waals surface area contributed by atoms with Crippen molar-refractivity contribution in [1.82, 2.24) is 10.3 Å². The van der Waals surface area contributed by atoms with Gasteiger partial charge in [-0.05, 0) is 26.8 Å². The highest BCUT2D eigenvalue weighted by Crippen LogP contribution is 2.17. The van der Waals surface area contributed by atoms with E-state index >= 15 is 0 Å². The molecule has 1 rings (SSSR count). The van der Waals surface area contributed by atoms with Gasteiger partial charge in [0.2, 0.25) is 0 Å². The summed E-state index contributed by atoms with van der Waals surface area (Å²) in [5.41, 5.74) is -0.213. The maximum Gasteiger partial charge on any atom is 0.408 e. The molecule has 7 heteroatoms. The largest absolute Gasteiger partial charge is 0.467 e. The van der Waals surface area contributed by atoms with Gasteiger partial charge in [-0.2, -0.15) is 0 Å². The summed E-state index contributed by atoms with van der Waals surface area (Å²) in [5, 5.41) is 2.73. The van der Waals surface area contributed by atoms with Gasteiger partial charge in [0.05, 0.1) is 7.11 Å². The number of amides is 1. The third kappa shape index (κ3) is 5.05.